The summed E-state index contributed by atoms with van der Waals surface area (Å²) in [4.78, 5) is 0. The first-order valence-corrected chi connectivity index (χ1v) is 63.4. The molecule has 126 heavy (non-hydrogen) atoms. The number of quaternary nitrogens is 19. The van der Waals surface area contributed by atoms with Crippen molar-refractivity contribution in [1.82, 2.24) is 0 Å². The van der Waals surface area contributed by atoms with E-state index in [1.54, 1.807) is 0 Å². The molecule has 0 aliphatic heterocycles. The van der Waals surface area contributed by atoms with Crippen molar-refractivity contribution in [2.45, 2.75) is 0 Å². The number of nitrogens with zero attached hydrogens (tertiary/aromatic N) is 19. The second-order valence-corrected chi connectivity index (χ2v) is 69.0. The van der Waals surface area contributed by atoms with Gasteiger partial charge in [-0.05, 0) is 0 Å². The Bertz CT molecular complexity index is 1730. The van der Waals surface area contributed by atoms with Crippen LogP contribution in [0.2, 0.25) is 0 Å². The summed E-state index contributed by atoms with van der Waals surface area (Å²) in [6, 6.07) is 0. The summed E-state index contributed by atoms with van der Waals surface area (Å²) in [6.45, 7) is 0. The first-order valence-electron chi connectivity index (χ1n) is 38.4. The van der Waals surface area contributed by atoms with Gasteiger partial charge < -0.3 is 89.9 Å². The molecule has 0 amide bonds. The molecule has 0 aromatic carbocycles. The van der Waals surface area contributed by atoms with Gasteiger partial charge in [-0.2, -0.15) is 0 Å². The Labute approximate surface area is 817 Å². The zero-order chi connectivity index (χ0) is 112. The molecular weight excluding hydrogens is 2310 g/mol. The van der Waals surface area contributed by atoms with E-state index in [2.05, 4.69) is 536 Å². The molecule has 0 aliphatic carbocycles. The molecule has 0 spiro atoms. The fourth-order valence-corrected chi connectivity index (χ4v) is 0. The van der Waals surface area contributed by atoms with Crippen molar-refractivity contribution in [1.29, 1.82) is 0 Å². The molecule has 0 fully saturated rings. The van der Waals surface area contributed by atoms with E-state index < -0.39 is 120 Å². The van der Waals surface area contributed by atoms with E-state index in [1.165, 1.54) is 0 Å². The van der Waals surface area contributed by atoms with Gasteiger partial charge in [0.25, 0.3) is 0 Å². The maximum absolute atomic E-state index is 8.64. The second kappa shape index (κ2) is 87.4. The molecule has 0 atom stereocenters. The zero-order valence-corrected chi connectivity index (χ0v) is 113. The van der Waals surface area contributed by atoms with Gasteiger partial charge in [-0.1, -0.05) is 0 Å². The maximum atomic E-state index is 8.64. The Morgan fingerprint density at radius 2 is 0.0873 bits per heavy atom. The molecule has 808 valence electrons. The van der Waals surface area contributed by atoms with Gasteiger partial charge in [-0.25, -0.2) is 0 Å². The Kier molecular flexibility index (Phi) is 138. The SMILES string of the molecule is C[N+](C)(C)C.C[N+](C)(C)C.C[N+](C)(C)C.C[N+](C)(C)C.C[N+](C)(C)C.C[N+](C)(C)C.C[N+](C)(C)C.C[N+](C)(C)C.C[N+](C)(C)C.C[N+](C)(C)C.C[N+](C)(C)C.C[N+](C)(C)C.C[N+](C)(C)C.C[N+](C)(C)C.C[N+](C)(C)C.C[N+](C)(C)C.C[N+](C)(C)C.C[N+](C)(C)C.C[N+](C)(C)C.[F-].[O]=[Sb]([O-])([O-])[O-].[O]=[Sb]([O-])([O-])[O-].[O]=[Sb]([O-])([O-])[O-].[O]=[Sb]([O-])([O-])[O-].[O]=[Sb]([O-])([O-])[O-].[O]=[Sb]([O-])([O-])[O-]. The summed E-state index contributed by atoms with van der Waals surface area (Å²) in [5.41, 5.74) is 0. The van der Waals surface area contributed by atoms with Crippen LogP contribution in [0, 0.1) is 0 Å². The summed E-state index contributed by atoms with van der Waals surface area (Å²) in [7, 11) is 162. The number of halogens is 1. The van der Waals surface area contributed by atoms with E-state index in [0.717, 1.165) is 85.2 Å². The average Bonchev–Trinajstić information content (AvgIpc) is 3.03. The van der Waals surface area contributed by atoms with E-state index in [1.807, 2.05) is 0 Å². The summed E-state index contributed by atoms with van der Waals surface area (Å²) in [5.74, 6) is 0. The van der Waals surface area contributed by atoms with E-state index in [9.17, 15) is 0 Å². The molecule has 0 heterocycles. The zero-order valence-electron chi connectivity index (χ0n) is 97.4. The number of rotatable bonds is 0. The molecular formula is C76H228FN19O24Sb6. The van der Waals surface area contributed by atoms with Gasteiger partial charge in [-0.3, -0.25) is 0 Å². The normalized spacial score (nSPS) is 11.9. The molecule has 0 rings (SSSR count). The Morgan fingerprint density at radius 1 is 0.0873 bits per heavy atom. The van der Waals surface area contributed by atoms with Crippen LogP contribution in [0.1, 0.15) is 0 Å². The van der Waals surface area contributed by atoms with Crippen molar-refractivity contribution in [2.24, 2.45) is 0 Å². The van der Waals surface area contributed by atoms with E-state index in [0.29, 0.717) is 0 Å². The van der Waals surface area contributed by atoms with Crippen molar-refractivity contribution in [3.05, 3.63) is 0 Å². The van der Waals surface area contributed by atoms with E-state index >= 15 is 0 Å². The molecule has 0 aromatic heterocycles. The predicted octanol–water partition coefficient (Wildman–Crippen LogP) is -21.3. The fourth-order valence-electron chi connectivity index (χ4n) is 0. The second-order valence-electron chi connectivity index (χ2n) is 53.7. The minimum atomic E-state index is -6.10. The standard InChI is InChI=1S/19C4H12N.FH.24O.6Sb/c19*1-5(2,3)4;;;;;;;;;;;;;;;;;;;;;;;;;;;;;;;/h19*1-4H3;1H;;;;;;;;;;;;;;;;;;;;;;;;;;;;;;/q19*+1;;;;;;;;18*-1;;;;;;/p-1. The monoisotopic (exact) mass is 2540 g/mol. The third-order valence-electron chi connectivity index (χ3n) is 0. The Morgan fingerprint density at radius 3 is 0.0873 bits per heavy atom. The van der Waals surface area contributed by atoms with Crippen LogP contribution in [0.3, 0.4) is 0 Å². The van der Waals surface area contributed by atoms with Gasteiger partial charge in [0.1, 0.15) is 0 Å². The summed E-state index contributed by atoms with van der Waals surface area (Å²) < 4.78 is 226. The summed E-state index contributed by atoms with van der Waals surface area (Å²) >= 11 is -36.6. The number of hydrogen-bond acceptors (Lipinski definition) is 24. The molecule has 0 N–H and O–H groups in total. The first-order chi connectivity index (χ1) is 50.0. The van der Waals surface area contributed by atoms with E-state index in [4.69, 9.17) is 79.0 Å². The van der Waals surface area contributed by atoms with Crippen LogP contribution in [0.5, 0.6) is 0 Å². The molecule has 0 bridgehead atoms. The molecule has 0 saturated carbocycles. The number of hydrogen-bond donors (Lipinski definition) is 0. The average molecular weight is 2540 g/mol. The molecule has 0 aromatic rings. The third-order valence-corrected chi connectivity index (χ3v) is 0. The molecule has 0 unspecified atom stereocenters. The predicted molar refractivity (Wildman–Crippen MR) is 494 cm³/mol. The van der Waals surface area contributed by atoms with Crippen molar-refractivity contribution >= 4 is 120 Å². The minimum absolute atomic E-state index is 0. The van der Waals surface area contributed by atoms with Crippen molar-refractivity contribution in [3.63, 3.8) is 0 Å². The van der Waals surface area contributed by atoms with Crippen molar-refractivity contribution in [3.8, 4) is 0 Å². The van der Waals surface area contributed by atoms with Crippen LogP contribution in [-0.2, 0) is 18.1 Å². The van der Waals surface area contributed by atoms with Gasteiger partial charge in [0, 0.05) is 0 Å². The topological polar surface area (TPSA) is 518 Å². The van der Waals surface area contributed by atoms with Crippen molar-refractivity contribution in [2.75, 3.05) is 536 Å². The van der Waals surface area contributed by atoms with Gasteiger partial charge in [0.2, 0.25) is 0 Å². The van der Waals surface area contributed by atoms with Gasteiger partial charge in [0.05, 0.1) is 536 Å². The van der Waals surface area contributed by atoms with Gasteiger partial charge in [-0.15, -0.1) is 0 Å². The van der Waals surface area contributed by atoms with Crippen LogP contribution < -0.4 is 65.6 Å². The molecule has 0 aliphatic rings. The Balaban J connectivity index is -0.0000000344. The van der Waals surface area contributed by atoms with Crippen molar-refractivity contribution < 1.29 is 169 Å². The van der Waals surface area contributed by atoms with Crippen LogP contribution >= 0.6 is 0 Å². The first kappa shape index (κ1) is 199. The van der Waals surface area contributed by atoms with Crippen LogP contribution in [0.4, 0.5) is 0 Å². The quantitative estimate of drug-likeness (QED) is 0.160. The van der Waals surface area contributed by atoms with Gasteiger partial charge >= 0.3 is 199 Å². The van der Waals surface area contributed by atoms with Crippen LogP contribution in [0.25, 0.3) is 0 Å². The third kappa shape index (κ3) is 424000. The van der Waals surface area contributed by atoms with Crippen LogP contribution in [-0.4, -0.2) is 741 Å². The molecule has 0 saturated heterocycles. The van der Waals surface area contributed by atoms with Crippen LogP contribution in [0.15, 0.2) is 0 Å². The summed E-state index contributed by atoms with van der Waals surface area (Å²) in [5, 5.41) is 0. The molecule has 43 nitrogen and oxygen atoms in total. The van der Waals surface area contributed by atoms with E-state index in [-0.39, 0.29) is 4.70 Å². The molecule has 0 radical (unpaired) electrons. The summed E-state index contributed by atoms with van der Waals surface area (Å²) in [6.07, 6.45) is 0. The fraction of sp³-hybridized carbons (Fsp3) is 1.00. The van der Waals surface area contributed by atoms with Gasteiger partial charge in [0.15, 0.2) is 0 Å². The molecule has 50 heteroatoms. The Hall–Kier alpha value is 2.16.